The van der Waals surface area contributed by atoms with Crippen molar-refractivity contribution in [1.29, 1.82) is 0 Å². The first kappa shape index (κ1) is 16.8. The fourth-order valence-corrected chi connectivity index (χ4v) is 3.45. The number of rotatable bonds is 6. The standard InChI is InChI=1S/C19H28N4O/c1-15-18(19(24-3)22(2)21-15)14-20-13-16-7-9-17(10-8-16)23-11-5-4-6-12-23/h7-10,20H,4-6,11-14H2,1-3H3. The van der Waals surface area contributed by atoms with E-state index in [0.29, 0.717) is 0 Å². The number of benzene rings is 1. The van der Waals surface area contributed by atoms with E-state index < -0.39 is 0 Å². The highest BCUT2D eigenvalue weighted by molar-refractivity contribution is 5.47. The number of nitrogens with one attached hydrogen (secondary N) is 1. The van der Waals surface area contributed by atoms with Gasteiger partial charge in [-0.25, -0.2) is 4.68 Å². The van der Waals surface area contributed by atoms with Gasteiger partial charge in [-0.3, -0.25) is 0 Å². The average Bonchev–Trinajstić information content (AvgIpc) is 2.89. The van der Waals surface area contributed by atoms with Crippen LogP contribution in [0, 0.1) is 6.92 Å². The minimum absolute atomic E-state index is 0.761. The van der Waals surface area contributed by atoms with E-state index in [-0.39, 0.29) is 0 Å². The van der Waals surface area contributed by atoms with Crippen LogP contribution in [-0.2, 0) is 20.1 Å². The van der Waals surface area contributed by atoms with Gasteiger partial charge in [-0.05, 0) is 43.9 Å². The van der Waals surface area contributed by atoms with Crippen LogP contribution < -0.4 is 15.0 Å². The van der Waals surface area contributed by atoms with Gasteiger partial charge in [-0.15, -0.1) is 0 Å². The van der Waals surface area contributed by atoms with Crippen molar-refractivity contribution in [2.45, 2.75) is 39.3 Å². The van der Waals surface area contributed by atoms with E-state index in [4.69, 9.17) is 4.74 Å². The van der Waals surface area contributed by atoms with E-state index in [1.165, 1.54) is 43.6 Å². The van der Waals surface area contributed by atoms with E-state index >= 15 is 0 Å². The quantitative estimate of drug-likeness (QED) is 0.885. The monoisotopic (exact) mass is 328 g/mol. The molecule has 0 radical (unpaired) electrons. The van der Waals surface area contributed by atoms with Crippen molar-refractivity contribution in [3.63, 3.8) is 0 Å². The van der Waals surface area contributed by atoms with Crippen LogP contribution in [0.2, 0.25) is 0 Å². The van der Waals surface area contributed by atoms with Crippen LogP contribution >= 0.6 is 0 Å². The van der Waals surface area contributed by atoms with E-state index in [0.717, 1.165) is 30.2 Å². The Kier molecular flexibility index (Phi) is 5.41. The first-order valence-electron chi connectivity index (χ1n) is 8.80. The van der Waals surface area contributed by atoms with Crippen molar-refractivity contribution in [3.05, 3.63) is 41.1 Å². The first-order chi connectivity index (χ1) is 11.7. The van der Waals surface area contributed by atoms with Gasteiger partial charge >= 0.3 is 0 Å². The Morgan fingerprint density at radius 2 is 1.79 bits per heavy atom. The van der Waals surface area contributed by atoms with Gasteiger partial charge < -0.3 is 15.0 Å². The highest BCUT2D eigenvalue weighted by Gasteiger charge is 2.13. The summed E-state index contributed by atoms with van der Waals surface area (Å²) in [6.07, 6.45) is 4.00. The fourth-order valence-electron chi connectivity index (χ4n) is 3.45. The number of nitrogens with zero attached hydrogens (tertiary/aromatic N) is 3. The van der Waals surface area contributed by atoms with E-state index in [9.17, 15) is 0 Å². The maximum Gasteiger partial charge on any atom is 0.216 e. The Hall–Kier alpha value is -2.01. The molecule has 2 aromatic rings. The zero-order chi connectivity index (χ0) is 16.9. The van der Waals surface area contributed by atoms with E-state index in [2.05, 4.69) is 39.6 Å². The zero-order valence-corrected chi connectivity index (χ0v) is 15.0. The number of methoxy groups -OCH3 is 1. The van der Waals surface area contributed by atoms with Crippen molar-refractivity contribution in [2.24, 2.45) is 7.05 Å². The SMILES string of the molecule is COc1c(CNCc2ccc(N3CCCCC3)cc2)c(C)nn1C. The van der Waals surface area contributed by atoms with Crippen molar-refractivity contribution < 1.29 is 4.74 Å². The largest absolute Gasteiger partial charge is 0.481 e. The molecule has 0 saturated carbocycles. The van der Waals surface area contributed by atoms with Crippen LogP contribution in [0.15, 0.2) is 24.3 Å². The Balaban J connectivity index is 1.55. The summed E-state index contributed by atoms with van der Waals surface area (Å²) in [5, 5.41) is 7.92. The lowest BCUT2D eigenvalue weighted by molar-refractivity contribution is 0.368. The zero-order valence-electron chi connectivity index (χ0n) is 15.0. The average molecular weight is 328 g/mol. The normalized spacial score (nSPS) is 14.9. The molecule has 0 aliphatic carbocycles. The number of ether oxygens (including phenoxy) is 1. The van der Waals surface area contributed by atoms with Crippen LogP contribution in [-0.4, -0.2) is 30.0 Å². The molecule has 1 saturated heterocycles. The molecule has 0 amide bonds. The molecule has 0 atom stereocenters. The second-order valence-corrected chi connectivity index (χ2v) is 6.51. The predicted molar refractivity (Wildman–Crippen MR) is 97.5 cm³/mol. The van der Waals surface area contributed by atoms with Gasteiger partial charge in [-0.2, -0.15) is 5.10 Å². The van der Waals surface area contributed by atoms with Gasteiger partial charge in [0.25, 0.3) is 0 Å². The van der Waals surface area contributed by atoms with Crippen LogP contribution in [0.1, 0.15) is 36.1 Å². The highest BCUT2D eigenvalue weighted by atomic mass is 16.5. The summed E-state index contributed by atoms with van der Waals surface area (Å²) in [6.45, 7) is 6.01. The van der Waals surface area contributed by atoms with E-state index in [1.807, 2.05) is 14.0 Å². The second kappa shape index (κ2) is 7.71. The molecule has 1 N–H and O–H groups in total. The molecule has 0 bridgehead atoms. The van der Waals surface area contributed by atoms with Crippen molar-refractivity contribution in [1.82, 2.24) is 15.1 Å². The van der Waals surface area contributed by atoms with Gasteiger partial charge in [0.15, 0.2) is 0 Å². The highest BCUT2D eigenvalue weighted by Crippen LogP contribution is 2.22. The molecule has 0 spiro atoms. The lowest BCUT2D eigenvalue weighted by Crippen LogP contribution is -2.29. The Bertz CT molecular complexity index is 657. The summed E-state index contributed by atoms with van der Waals surface area (Å²) in [6, 6.07) is 8.95. The summed E-state index contributed by atoms with van der Waals surface area (Å²) < 4.78 is 7.23. The molecular weight excluding hydrogens is 300 g/mol. The van der Waals surface area contributed by atoms with Crippen LogP contribution in [0.25, 0.3) is 0 Å². The molecule has 1 aliphatic rings. The molecule has 1 fully saturated rings. The van der Waals surface area contributed by atoms with Gasteiger partial charge in [0, 0.05) is 38.9 Å². The summed E-state index contributed by atoms with van der Waals surface area (Å²) in [5.74, 6) is 0.834. The molecule has 24 heavy (non-hydrogen) atoms. The number of aromatic nitrogens is 2. The minimum atomic E-state index is 0.761. The molecule has 1 aromatic heterocycles. The fraction of sp³-hybridized carbons (Fsp3) is 0.526. The second-order valence-electron chi connectivity index (χ2n) is 6.51. The lowest BCUT2D eigenvalue weighted by Gasteiger charge is -2.28. The van der Waals surface area contributed by atoms with Gasteiger partial charge in [0.2, 0.25) is 5.88 Å². The predicted octanol–water partition coefficient (Wildman–Crippen LogP) is 3.02. The van der Waals surface area contributed by atoms with Crippen molar-refractivity contribution in [2.75, 3.05) is 25.1 Å². The van der Waals surface area contributed by atoms with Gasteiger partial charge in [-0.1, -0.05) is 12.1 Å². The molecule has 1 aromatic carbocycles. The topological polar surface area (TPSA) is 42.3 Å². The molecule has 5 nitrogen and oxygen atoms in total. The molecule has 2 heterocycles. The lowest BCUT2D eigenvalue weighted by atomic mass is 10.1. The smallest absolute Gasteiger partial charge is 0.216 e. The number of hydrogen-bond donors (Lipinski definition) is 1. The molecular formula is C19H28N4O. The number of anilines is 1. The van der Waals surface area contributed by atoms with Crippen LogP contribution in [0.4, 0.5) is 5.69 Å². The Labute approximate surface area is 144 Å². The third kappa shape index (κ3) is 3.73. The van der Waals surface area contributed by atoms with Crippen molar-refractivity contribution in [3.8, 4) is 5.88 Å². The minimum Gasteiger partial charge on any atom is -0.481 e. The summed E-state index contributed by atoms with van der Waals surface area (Å²) in [4.78, 5) is 2.49. The third-order valence-electron chi connectivity index (χ3n) is 4.77. The molecule has 0 unspecified atom stereocenters. The van der Waals surface area contributed by atoms with Crippen LogP contribution in [0.3, 0.4) is 0 Å². The molecule has 5 heteroatoms. The number of piperidine rings is 1. The van der Waals surface area contributed by atoms with Gasteiger partial charge in [0.05, 0.1) is 18.4 Å². The van der Waals surface area contributed by atoms with E-state index in [1.54, 1.807) is 11.8 Å². The Morgan fingerprint density at radius 3 is 2.46 bits per heavy atom. The Morgan fingerprint density at radius 1 is 1.08 bits per heavy atom. The molecule has 130 valence electrons. The molecule has 1 aliphatic heterocycles. The maximum atomic E-state index is 5.44. The number of hydrogen-bond acceptors (Lipinski definition) is 4. The third-order valence-corrected chi connectivity index (χ3v) is 4.77. The van der Waals surface area contributed by atoms with Gasteiger partial charge in [0.1, 0.15) is 0 Å². The number of aryl methyl sites for hydroxylation is 2. The first-order valence-corrected chi connectivity index (χ1v) is 8.80. The summed E-state index contributed by atoms with van der Waals surface area (Å²) >= 11 is 0. The molecule has 3 rings (SSSR count). The maximum absolute atomic E-state index is 5.44. The van der Waals surface area contributed by atoms with Crippen molar-refractivity contribution >= 4 is 5.69 Å². The summed E-state index contributed by atoms with van der Waals surface area (Å²) in [5.41, 5.74) is 4.80. The summed E-state index contributed by atoms with van der Waals surface area (Å²) in [7, 11) is 3.61. The van der Waals surface area contributed by atoms with Crippen LogP contribution in [0.5, 0.6) is 5.88 Å².